The summed E-state index contributed by atoms with van der Waals surface area (Å²) in [6, 6.07) is 12.3. The number of hydrogen-bond donors (Lipinski definition) is 4. The molecule has 2 aromatic heterocycles. The predicted octanol–water partition coefficient (Wildman–Crippen LogP) is 4.77. The van der Waals surface area contributed by atoms with Crippen LogP contribution in [-0.2, 0) is 4.74 Å². The Hall–Kier alpha value is -4.62. The smallest absolute Gasteiger partial charge is 0.410 e. The Bertz CT molecular complexity index is 1600. The molecule has 5 rings (SSSR count). The molecule has 232 valence electrons. The molecular formula is C30H35ClN8O5. The van der Waals surface area contributed by atoms with Crippen molar-refractivity contribution in [2.45, 2.75) is 32.8 Å². The first-order valence-electron chi connectivity index (χ1n) is 14.3. The molecule has 1 fully saturated rings. The zero-order valence-electron chi connectivity index (χ0n) is 24.8. The largest absolute Gasteiger partial charge is 0.493 e. The number of imidazole rings is 2. The summed E-state index contributed by atoms with van der Waals surface area (Å²) in [5, 5.41) is 5.62. The van der Waals surface area contributed by atoms with Crippen LogP contribution in [-0.4, -0.2) is 92.6 Å². The van der Waals surface area contributed by atoms with E-state index in [4.69, 9.17) is 21.1 Å². The molecule has 1 saturated heterocycles. The number of ether oxygens (including phenoxy) is 2. The Labute approximate surface area is 259 Å². The number of fused-ring (bicyclic) bond motifs is 1. The monoisotopic (exact) mass is 622 g/mol. The molecule has 44 heavy (non-hydrogen) atoms. The second-order valence-corrected chi connectivity index (χ2v) is 11.7. The third-order valence-corrected chi connectivity index (χ3v) is 7.12. The predicted molar refractivity (Wildman–Crippen MR) is 166 cm³/mol. The summed E-state index contributed by atoms with van der Waals surface area (Å²) in [6.07, 6.45) is 1.79. The van der Waals surface area contributed by atoms with Gasteiger partial charge >= 0.3 is 6.09 Å². The van der Waals surface area contributed by atoms with Crippen LogP contribution in [0.5, 0.6) is 5.75 Å². The van der Waals surface area contributed by atoms with Crippen LogP contribution in [0.4, 0.5) is 16.4 Å². The fourth-order valence-corrected chi connectivity index (χ4v) is 4.87. The van der Waals surface area contributed by atoms with Gasteiger partial charge in [0.2, 0.25) is 5.95 Å². The van der Waals surface area contributed by atoms with Crippen LogP contribution in [0.25, 0.3) is 11.0 Å². The molecule has 0 radical (unpaired) electrons. The van der Waals surface area contributed by atoms with Gasteiger partial charge in [-0.15, -0.1) is 0 Å². The van der Waals surface area contributed by atoms with Crippen LogP contribution in [0.1, 0.15) is 48.2 Å². The topological polar surface area (TPSA) is 158 Å². The number of halogens is 1. The number of amides is 3. The standard InChI is InChI=1S/C30H35ClN8O5/c1-30(2,3)44-29(42)39-14-12-38(13-15-39)11-6-16-43-19-9-10-21(20(31)17-19)34-26(40)24-25(33-18-32-24)27(41)37-28-35-22-7-4-5-8-23(22)36-28/h4-5,7-10,17-18H,6,11-16H2,1-3H3,(H,32,33)(H,34,40)(H2,35,36,37,41). The Morgan fingerprint density at radius 2 is 1.80 bits per heavy atom. The molecular weight excluding hydrogens is 588 g/mol. The van der Waals surface area contributed by atoms with E-state index < -0.39 is 17.4 Å². The fraction of sp³-hybridized carbons (Fsp3) is 0.367. The minimum Gasteiger partial charge on any atom is -0.493 e. The van der Waals surface area contributed by atoms with Gasteiger partial charge in [0.15, 0.2) is 5.69 Å². The number of carbonyl (C=O) groups excluding carboxylic acids is 3. The molecule has 13 nitrogen and oxygen atoms in total. The number of para-hydroxylation sites is 2. The van der Waals surface area contributed by atoms with Gasteiger partial charge in [-0.1, -0.05) is 23.7 Å². The number of benzene rings is 2. The molecule has 3 heterocycles. The lowest BCUT2D eigenvalue weighted by molar-refractivity contribution is 0.0142. The van der Waals surface area contributed by atoms with Crippen molar-refractivity contribution in [3.8, 4) is 5.75 Å². The number of aromatic amines is 2. The summed E-state index contributed by atoms with van der Waals surface area (Å²) in [5.41, 5.74) is 1.19. The first-order chi connectivity index (χ1) is 21.1. The van der Waals surface area contributed by atoms with Crippen LogP contribution < -0.4 is 15.4 Å². The van der Waals surface area contributed by atoms with E-state index in [9.17, 15) is 14.4 Å². The summed E-state index contributed by atoms with van der Waals surface area (Å²) in [6.45, 7) is 9.71. The van der Waals surface area contributed by atoms with E-state index in [-0.39, 0.29) is 28.5 Å². The minimum atomic E-state index is -0.608. The lowest BCUT2D eigenvalue weighted by Crippen LogP contribution is -2.50. The Balaban J connectivity index is 1.07. The number of H-pyrrole nitrogens is 2. The zero-order chi connectivity index (χ0) is 31.3. The number of nitrogens with one attached hydrogen (secondary N) is 4. The van der Waals surface area contributed by atoms with Gasteiger partial charge in [-0.05, 0) is 51.5 Å². The van der Waals surface area contributed by atoms with E-state index in [1.54, 1.807) is 23.1 Å². The molecule has 4 N–H and O–H groups in total. The van der Waals surface area contributed by atoms with Crippen LogP contribution in [0.15, 0.2) is 48.8 Å². The van der Waals surface area contributed by atoms with Crippen molar-refractivity contribution in [1.29, 1.82) is 0 Å². The molecule has 0 bridgehead atoms. The first kappa shape index (κ1) is 30.8. The van der Waals surface area contributed by atoms with Gasteiger partial charge in [0, 0.05) is 38.8 Å². The molecule has 0 saturated carbocycles. The van der Waals surface area contributed by atoms with Crippen molar-refractivity contribution >= 4 is 52.2 Å². The van der Waals surface area contributed by atoms with Crippen molar-refractivity contribution in [3.05, 3.63) is 65.2 Å². The molecule has 1 aliphatic heterocycles. The van der Waals surface area contributed by atoms with E-state index in [1.165, 1.54) is 6.33 Å². The lowest BCUT2D eigenvalue weighted by Gasteiger charge is -2.35. The van der Waals surface area contributed by atoms with Crippen molar-refractivity contribution in [1.82, 2.24) is 29.7 Å². The lowest BCUT2D eigenvalue weighted by atomic mass is 10.2. The molecule has 2 aromatic carbocycles. The first-order valence-corrected chi connectivity index (χ1v) is 14.7. The second-order valence-electron chi connectivity index (χ2n) is 11.3. The number of carbonyl (C=O) groups is 3. The maximum Gasteiger partial charge on any atom is 0.410 e. The highest BCUT2D eigenvalue weighted by molar-refractivity contribution is 6.34. The van der Waals surface area contributed by atoms with Gasteiger partial charge in [-0.3, -0.25) is 19.8 Å². The second kappa shape index (κ2) is 13.3. The highest BCUT2D eigenvalue weighted by atomic mass is 35.5. The molecule has 1 aliphatic rings. The van der Waals surface area contributed by atoms with Gasteiger partial charge in [-0.2, -0.15) is 0 Å². The van der Waals surface area contributed by atoms with Gasteiger partial charge in [-0.25, -0.2) is 14.8 Å². The van der Waals surface area contributed by atoms with Crippen molar-refractivity contribution in [3.63, 3.8) is 0 Å². The summed E-state index contributed by atoms with van der Waals surface area (Å²) in [7, 11) is 0. The molecule has 0 spiro atoms. The summed E-state index contributed by atoms with van der Waals surface area (Å²) >= 11 is 6.43. The number of aromatic nitrogens is 4. The van der Waals surface area contributed by atoms with Crippen LogP contribution >= 0.6 is 11.6 Å². The van der Waals surface area contributed by atoms with Gasteiger partial charge in [0.1, 0.15) is 17.0 Å². The van der Waals surface area contributed by atoms with Crippen LogP contribution in [0.3, 0.4) is 0 Å². The number of piperazine rings is 1. The highest BCUT2D eigenvalue weighted by Crippen LogP contribution is 2.27. The number of hydrogen-bond acceptors (Lipinski definition) is 8. The molecule has 4 aromatic rings. The van der Waals surface area contributed by atoms with Gasteiger partial charge in [0.05, 0.1) is 34.7 Å². The van der Waals surface area contributed by atoms with E-state index in [0.717, 1.165) is 31.6 Å². The summed E-state index contributed by atoms with van der Waals surface area (Å²) < 4.78 is 11.3. The van der Waals surface area contributed by atoms with E-state index in [2.05, 4.69) is 35.5 Å². The maximum absolute atomic E-state index is 13.0. The third kappa shape index (κ3) is 7.85. The number of rotatable bonds is 9. The third-order valence-electron chi connectivity index (χ3n) is 6.80. The quantitative estimate of drug-likeness (QED) is 0.194. The fourth-order valence-electron chi connectivity index (χ4n) is 4.65. The van der Waals surface area contributed by atoms with E-state index >= 15 is 0 Å². The number of nitrogens with zero attached hydrogens (tertiary/aromatic N) is 4. The molecule has 0 aliphatic carbocycles. The molecule has 14 heteroatoms. The average Bonchev–Trinajstić information content (AvgIpc) is 3.63. The Morgan fingerprint density at radius 1 is 1.02 bits per heavy atom. The minimum absolute atomic E-state index is 0.0229. The molecule has 0 unspecified atom stereocenters. The van der Waals surface area contributed by atoms with Crippen LogP contribution in [0, 0.1) is 0 Å². The van der Waals surface area contributed by atoms with E-state index in [0.29, 0.717) is 36.6 Å². The van der Waals surface area contributed by atoms with Crippen molar-refractivity contribution in [2.75, 3.05) is 50.0 Å². The number of anilines is 2. The van der Waals surface area contributed by atoms with Gasteiger partial charge in [0.25, 0.3) is 11.8 Å². The normalized spacial score (nSPS) is 14.0. The SMILES string of the molecule is CC(C)(C)OC(=O)N1CCN(CCCOc2ccc(NC(=O)c3nc[nH]c3C(=O)Nc3nc4ccccc4[nH]3)c(Cl)c2)CC1. The zero-order valence-corrected chi connectivity index (χ0v) is 25.5. The summed E-state index contributed by atoms with van der Waals surface area (Å²) in [5.74, 6) is -0.375. The Morgan fingerprint density at radius 3 is 2.52 bits per heavy atom. The van der Waals surface area contributed by atoms with Crippen LogP contribution in [0.2, 0.25) is 5.02 Å². The van der Waals surface area contributed by atoms with E-state index in [1.807, 2.05) is 45.0 Å². The highest BCUT2D eigenvalue weighted by Gasteiger charge is 2.26. The molecule has 0 atom stereocenters. The Kier molecular flexibility index (Phi) is 9.35. The average molecular weight is 623 g/mol. The van der Waals surface area contributed by atoms with Gasteiger partial charge < -0.3 is 29.7 Å². The maximum atomic E-state index is 13.0. The molecule has 3 amide bonds. The van der Waals surface area contributed by atoms with Crippen molar-refractivity contribution < 1.29 is 23.9 Å². The summed E-state index contributed by atoms with van der Waals surface area (Å²) in [4.78, 5) is 56.2. The van der Waals surface area contributed by atoms with Crippen molar-refractivity contribution in [2.24, 2.45) is 0 Å².